The van der Waals surface area contributed by atoms with Crippen LogP contribution >= 0.6 is 0 Å². The quantitative estimate of drug-likeness (QED) is 0.911. The molecule has 4 heteroatoms. The normalized spacial score (nSPS) is 20.3. The molecule has 0 unspecified atom stereocenters. The molecule has 4 nitrogen and oxygen atoms in total. The summed E-state index contributed by atoms with van der Waals surface area (Å²) in [5.74, 6) is 0.918. The zero-order valence-electron chi connectivity index (χ0n) is 14.6. The molecule has 0 saturated carbocycles. The fraction of sp³-hybridized carbons (Fsp3) is 0.381. The maximum absolute atomic E-state index is 12.7. The molecule has 1 heterocycles. The van der Waals surface area contributed by atoms with Gasteiger partial charge in [0.05, 0.1) is 19.6 Å². The lowest BCUT2D eigenvalue weighted by molar-refractivity contribution is -0.134. The molecule has 2 aromatic rings. The fourth-order valence-corrected chi connectivity index (χ4v) is 3.49. The summed E-state index contributed by atoms with van der Waals surface area (Å²) < 4.78 is 5.34. The first-order chi connectivity index (χ1) is 12.2. The van der Waals surface area contributed by atoms with Crippen LogP contribution in [0.1, 0.15) is 17.5 Å². The number of hydrogen-bond acceptors (Lipinski definition) is 3. The highest BCUT2D eigenvalue weighted by molar-refractivity contribution is 5.79. The number of carbonyl (C=O) groups excluding carboxylic acids is 1. The van der Waals surface area contributed by atoms with Gasteiger partial charge in [0, 0.05) is 24.6 Å². The number of carbonyl (C=O) groups is 1. The summed E-state index contributed by atoms with van der Waals surface area (Å²) >= 11 is 0. The van der Waals surface area contributed by atoms with E-state index in [4.69, 9.17) is 4.74 Å². The molecule has 0 spiro atoms. The van der Waals surface area contributed by atoms with Crippen molar-refractivity contribution in [1.29, 1.82) is 0 Å². The van der Waals surface area contributed by atoms with E-state index in [-0.39, 0.29) is 17.9 Å². The maximum atomic E-state index is 12.7. The summed E-state index contributed by atoms with van der Waals surface area (Å²) in [6, 6.07) is 17.8. The molecule has 1 saturated heterocycles. The van der Waals surface area contributed by atoms with E-state index in [0.29, 0.717) is 25.9 Å². The summed E-state index contributed by atoms with van der Waals surface area (Å²) in [5.41, 5.74) is 2.10. The average molecular weight is 339 g/mol. The van der Waals surface area contributed by atoms with Crippen molar-refractivity contribution in [3.63, 3.8) is 0 Å². The van der Waals surface area contributed by atoms with E-state index in [1.807, 2.05) is 47.4 Å². The number of hydrogen-bond donors (Lipinski definition) is 1. The monoisotopic (exact) mass is 339 g/mol. The van der Waals surface area contributed by atoms with E-state index in [1.165, 1.54) is 5.56 Å². The molecule has 2 atom stereocenters. The smallest absolute Gasteiger partial charge is 0.227 e. The Kier molecular flexibility index (Phi) is 5.71. The Bertz CT molecular complexity index is 701. The van der Waals surface area contributed by atoms with Crippen molar-refractivity contribution in [3.8, 4) is 5.75 Å². The molecule has 1 aliphatic heterocycles. The van der Waals surface area contributed by atoms with Gasteiger partial charge in [0.2, 0.25) is 5.91 Å². The van der Waals surface area contributed by atoms with Crippen molar-refractivity contribution < 1.29 is 14.6 Å². The van der Waals surface area contributed by atoms with Crippen molar-refractivity contribution in [2.45, 2.75) is 25.4 Å². The number of methoxy groups -OCH3 is 1. The second-order valence-corrected chi connectivity index (χ2v) is 6.63. The van der Waals surface area contributed by atoms with E-state index >= 15 is 0 Å². The Morgan fingerprint density at radius 1 is 1.16 bits per heavy atom. The second-order valence-electron chi connectivity index (χ2n) is 6.63. The van der Waals surface area contributed by atoms with Crippen LogP contribution in [-0.2, 0) is 17.6 Å². The lowest BCUT2D eigenvalue weighted by Crippen LogP contribution is -2.47. The van der Waals surface area contributed by atoms with Crippen LogP contribution in [0.2, 0.25) is 0 Å². The number of nitrogens with zero attached hydrogens (tertiary/aromatic N) is 1. The first-order valence-electron chi connectivity index (χ1n) is 8.79. The van der Waals surface area contributed by atoms with Gasteiger partial charge in [0.25, 0.3) is 0 Å². The second kappa shape index (κ2) is 8.17. The Morgan fingerprint density at radius 2 is 1.88 bits per heavy atom. The van der Waals surface area contributed by atoms with Crippen molar-refractivity contribution in [1.82, 2.24) is 4.90 Å². The minimum atomic E-state index is -0.351. The zero-order chi connectivity index (χ0) is 17.6. The number of aliphatic hydroxyl groups excluding tert-OH is 1. The number of ether oxygens (including phenoxy) is 1. The van der Waals surface area contributed by atoms with Gasteiger partial charge in [-0.05, 0) is 24.5 Å². The number of benzene rings is 2. The third kappa shape index (κ3) is 4.40. The summed E-state index contributed by atoms with van der Waals surface area (Å²) in [7, 11) is 1.62. The highest BCUT2D eigenvalue weighted by Crippen LogP contribution is 2.24. The maximum Gasteiger partial charge on any atom is 0.227 e. The Balaban J connectivity index is 1.65. The van der Waals surface area contributed by atoms with Crippen LogP contribution in [0.15, 0.2) is 54.6 Å². The fourth-order valence-electron chi connectivity index (χ4n) is 3.49. The molecule has 0 aromatic heterocycles. The van der Waals surface area contributed by atoms with Crippen LogP contribution in [0.3, 0.4) is 0 Å². The largest absolute Gasteiger partial charge is 0.496 e. The molecule has 0 radical (unpaired) electrons. The molecule has 1 amide bonds. The number of para-hydroxylation sites is 1. The lowest BCUT2D eigenvalue weighted by atomic mass is 9.88. The van der Waals surface area contributed by atoms with Crippen molar-refractivity contribution in [2.75, 3.05) is 20.2 Å². The predicted molar refractivity (Wildman–Crippen MR) is 97.5 cm³/mol. The third-order valence-corrected chi connectivity index (χ3v) is 4.92. The number of amides is 1. The van der Waals surface area contributed by atoms with Gasteiger partial charge >= 0.3 is 0 Å². The van der Waals surface area contributed by atoms with Crippen LogP contribution in [0.5, 0.6) is 5.75 Å². The topological polar surface area (TPSA) is 49.8 Å². The molecule has 3 rings (SSSR count). The van der Waals surface area contributed by atoms with Gasteiger partial charge in [-0.15, -0.1) is 0 Å². The summed E-state index contributed by atoms with van der Waals surface area (Å²) in [6.45, 7) is 1.21. The van der Waals surface area contributed by atoms with Crippen molar-refractivity contribution in [2.24, 2.45) is 5.92 Å². The average Bonchev–Trinajstić information content (AvgIpc) is 2.65. The molecule has 132 valence electrons. The van der Waals surface area contributed by atoms with Crippen LogP contribution in [0.25, 0.3) is 0 Å². The van der Waals surface area contributed by atoms with Crippen molar-refractivity contribution >= 4 is 5.91 Å². The highest BCUT2D eigenvalue weighted by Gasteiger charge is 2.30. The number of likely N-dealkylation sites (tertiary alicyclic amines) is 1. The Labute approximate surface area is 149 Å². The van der Waals surface area contributed by atoms with E-state index in [0.717, 1.165) is 17.7 Å². The Morgan fingerprint density at radius 3 is 2.64 bits per heavy atom. The lowest BCUT2D eigenvalue weighted by Gasteiger charge is -2.36. The standard InChI is InChI=1S/C21H25NO3/c1-25-20-10-6-5-9-17(20)14-21(24)22-12-11-19(23)18(15-22)13-16-7-3-2-4-8-16/h2-10,18-19,23H,11-15H2,1H3/t18-,19-/m1/s1. The van der Waals surface area contributed by atoms with Gasteiger partial charge < -0.3 is 14.7 Å². The molecule has 0 bridgehead atoms. The number of rotatable bonds is 5. The van der Waals surface area contributed by atoms with Crippen molar-refractivity contribution in [3.05, 3.63) is 65.7 Å². The molecular weight excluding hydrogens is 314 g/mol. The van der Waals surface area contributed by atoms with Crippen LogP contribution in [0.4, 0.5) is 0 Å². The molecule has 0 aliphatic carbocycles. The minimum absolute atomic E-state index is 0.0813. The van der Waals surface area contributed by atoms with Crippen LogP contribution in [0, 0.1) is 5.92 Å². The third-order valence-electron chi connectivity index (χ3n) is 4.92. The number of piperidine rings is 1. The minimum Gasteiger partial charge on any atom is -0.496 e. The molecule has 25 heavy (non-hydrogen) atoms. The first-order valence-corrected chi connectivity index (χ1v) is 8.79. The zero-order valence-corrected chi connectivity index (χ0v) is 14.6. The molecular formula is C21H25NO3. The van der Waals surface area contributed by atoms with E-state index in [9.17, 15) is 9.90 Å². The highest BCUT2D eigenvalue weighted by atomic mass is 16.5. The van der Waals surface area contributed by atoms with Gasteiger partial charge in [0.15, 0.2) is 0 Å². The van der Waals surface area contributed by atoms with Crippen LogP contribution < -0.4 is 4.74 Å². The summed E-state index contributed by atoms with van der Waals surface area (Å²) in [6.07, 6.45) is 1.41. The molecule has 1 N–H and O–H groups in total. The van der Waals surface area contributed by atoms with Gasteiger partial charge in [0.1, 0.15) is 5.75 Å². The van der Waals surface area contributed by atoms with E-state index in [2.05, 4.69) is 12.1 Å². The van der Waals surface area contributed by atoms with Gasteiger partial charge in [-0.2, -0.15) is 0 Å². The van der Waals surface area contributed by atoms with Gasteiger partial charge in [-0.25, -0.2) is 0 Å². The number of aliphatic hydroxyl groups is 1. The molecule has 1 aliphatic rings. The van der Waals surface area contributed by atoms with E-state index < -0.39 is 0 Å². The SMILES string of the molecule is COc1ccccc1CC(=O)N1CC[C@@H](O)[C@H](Cc2ccccc2)C1. The van der Waals surface area contributed by atoms with E-state index in [1.54, 1.807) is 7.11 Å². The molecule has 2 aromatic carbocycles. The first kappa shape index (κ1) is 17.5. The van der Waals surface area contributed by atoms with Crippen LogP contribution in [-0.4, -0.2) is 42.2 Å². The predicted octanol–water partition coefficient (Wildman–Crippen LogP) is 2.69. The molecule has 1 fully saturated rings. The Hall–Kier alpha value is -2.33. The summed E-state index contributed by atoms with van der Waals surface area (Å²) in [5, 5.41) is 10.3. The summed E-state index contributed by atoms with van der Waals surface area (Å²) in [4.78, 5) is 14.6. The van der Waals surface area contributed by atoms with Gasteiger partial charge in [-0.3, -0.25) is 4.79 Å². The van der Waals surface area contributed by atoms with Gasteiger partial charge in [-0.1, -0.05) is 48.5 Å².